The van der Waals surface area contributed by atoms with Crippen molar-refractivity contribution >= 4 is 0 Å². The van der Waals surface area contributed by atoms with Gasteiger partial charge in [-0.25, -0.2) is 0 Å². The summed E-state index contributed by atoms with van der Waals surface area (Å²) < 4.78 is 0. The van der Waals surface area contributed by atoms with Gasteiger partial charge in [-0.15, -0.1) is 0 Å². The zero-order valence-corrected chi connectivity index (χ0v) is 12.3. The Morgan fingerprint density at radius 2 is 1.83 bits per heavy atom. The first kappa shape index (κ1) is 14.3. The largest absolute Gasteiger partial charge is 0.313 e. The van der Waals surface area contributed by atoms with Crippen LogP contribution in [0.1, 0.15) is 64.7 Å². The highest BCUT2D eigenvalue weighted by molar-refractivity contribution is 4.76. The van der Waals surface area contributed by atoms with Crippen LogP contribution < -0.4 is 5.32 Å². The Bertz CT molecular complexity index is 211. The molecule has 18 heavy (non-hydrogen) atoms. The number of rotatable bonds is 6. The van der Waals surface area contributed by atoms with Gasteiger partial charge in [-0.1, -0.05) is 32.6 Å². The van der Waals surface area contributed by atoms with Gasteiger partial charge in [-0.05, 0) is 51.1 Å². The summed E-state index contributed by atoms with van der Waals surface area (Å²) in [6.07, 6.45) is 12.9. The van der Waals surface area contributed by atoms with Gasteiger partial charge < -0.3 is 10.2 Å². The number of nitrogens with one attached hydrogen (secondary N) is 1. The summed E-state index contributed by atoms with van der Waals surface area (Å²) in [5.74, 6) is 1.03. The Morgan fingerprint density at radius 1 is 1.00 bits per heavy atom. The van der Waals surface area contributed by atoms with Crippen LogP contribution in [0.15, 0.2) is 0 Å². The highest BCUT2D eigenvalue weighted by atomic mass is 15.2. The molecule has 1 saturated carbocycles. The van der Waals surface area contributed by atoms with E-state index in [1.165, 1.54) is 84.0 Å². The minimum atomic E-state index is 0.814. The van der Waals surface area contributed by atoms with Crippen molar-refractivity contribution in [3.63, 3.8) is 0 Å². The zero-order valence-electron chi connectivity index (χ0n) is 12.3. The molecule has 2 nitrogen and oxygen atoms in total. The van der Waals surface area contributed by atoms with Crippen LogP contribution in [0.2, 0.25) is 0 Å². The van der Waals surface area contributed by atoms with Gasteiger partial charge >= 0.3 is 0 Å². The summed E-state index contributed by atoms with van der Waals surface area (Å²) in [4.78, 5) is 2.61. The topological polar surface area (TPSA) is 15.3 Å². The maximum absolute atomic E-state index is 3.81. The molecule has 1 heterocycles. The smallest absolute Gasteiger partial charge is 0.0107 e. The van der Waals surface area contributed by atoms with Crippen molar-refractivity contribution < 1.29 is 0 Å². The van der Waals surface area contributed by atoms with E-state index >= 15 is 0 Å². The first-order valence-corrected chi connectivity index (χ1v) is 8.34. The average Bonchev–Trinajstić information content (AvgIpc) is 2.78. The molecule has 0 aromatic carbocycles. The van der Waals surface area contributed by atoms with E-state index in [4.69, 9.17) is 0 Å². The van der Waals surface area contributed by atoms with E-state index in [1.807, 2.05) is 0 Å². The lowest BCUT2D eigenvalue weighted by atomic mass is 9.95. The third-order valence-electron chi connectivity index (χ3n) is 4.84. The molecular formula is C16H32N2. The third-order valence-corrected chi connectivity index (χ3v) is 4.84. The minimum Gasteiger partial charge on any atom is -0.313 e. The van der Waals surface area contributed by atoms with E-state index in [2.05, 4.69) is 17.1 Å². The van der Waals surface area contributed by atoms with E-state index < -0.39 is 0 Å². The molecule has 1 saturated heterocycles. The summed E-state index contributed by atoms with van der Waals surface area (Å²) in [6.45, 7) is 7.49. The fourth-order valence-electron chi connectivity index (χ4n) is 3.71. The second kappa shape index (κ2) is 8.16. The molecule has 1 N–H and O–H groups in total. The third kappa shape index (κ3) is 4.89. The first-order valence-electron chi connectivity index (χ1n) is 8.34. The van der Waals surface area contributed by atoms with Crippen LogP contribution in [0.5, 0.6) is 0 Å². The molecule has 0 aromatic rings. The zero-order chi connectivity index (χ0) is 12.6. The SMILES string of the molecule is CCCC1CCCC(NCCN2CCCC2)CC1. The Labute approximate surface area is 114 Å². The van der Waals surface area contributed by atoms with E-state index in [-0.39, 0.29) is 0 Å². The van der Waals surface area contributed by atoms with Crippen molar-refractivity contribution in [1.82, 2.24) is 10.2 Å². The molecule has 2 heteroatoms. The van der Waals surface area contributed by atoms with Crippen molar-refractivity contribution in [3.8, 4) is 0 Å². The summed E-state index contributed by atoms with van der Waals surface area (Å²) in [6, 6.07) is 0.814. The summed E-state index contributed by atoms with van der Waals surface area (Å²) in [5, 5.41) is 3.81. The van der Waals surface area contributed by atoms with E-state index in [1.54, 1.807) is 0 Å². The predicted molar refractivity (Wildman–Crippen MR) is 78.9 cm³/mol. The molecule has 0 amide bonds. The molecule has 1 aliphatic carbocycles. The van der Waals surface area contributed by atoms with Crippen molar-refractivity contribution in [2.24, 2.45) is 5.92 Å². The maximum Gasteiger partial charge on any atom is 0.0107 e. The highest BCUT2D eigenvalue weighted by Gasteiger charge is 2.18. The van der Waals surface area contributed by atoms with Gasteiger partial charge in [-0.3, -0.25) is 0 Å². The van der Waals surface area contributed by atoms with Crippen LogP contribution in [-0.2, 0) is 0 Å². The Kier molecular flexibility index (Phi) is 6.50. The number of hydrogen-bond donors (Lipinski definition) is 1. The van der Waals surface area contributed by atoms with Crippen LogP contribution in [0.25, 0.3) is 0 Å². The van der Waals surface area contributed by atoms with Gasteiger partial charge in [0.2, 0.25) is 0 Å². The quantitative estimate of drug-likeness (QED) is 0.729. The van der Waals surface area contributed by atoms with Gasteiger partial charge in [0.15, 0.2) is 0 Å². The fraction of sp³-hybridized carbons (Fsp3) is 1.00. The molecule has 0 radical (unpaired) electrons. The Balaban J connectivity index is 1.58. The number of hydrogen-bond acceptors (Lipinski definition) is 2. The van der Waals surface area contributed by atoms with E-state index in [9.17, 15) is 0 Å². The monoisotopic (exact) mass is 252 g/mol. The Morgan fingerprint density at radius 3 is 2.61 bits per heavy atom. The normalized spacial score (nSPS) is 30.5. The van der Waals surface area contributed by atoms with Gasteiger partial charge in [0.05, 0.1) is 0 Å². The lowest BCUT2D eigenvalue weighted by Crippen LogP contribution is -2.36. The summed E-state index contributed by atoms with van der Waals surface area (Å²) in [7, 11) is 0. The highest BCUT2D eigenvalue weighted by Crippen LogP contribution is 2.26. The van der Waals surface area contributed by atoms with Gasteiger partial charge in [0.25, 0.3) is 0 Å². The van der Waals surface area contributed by atoms with Crippen molar-refractivity contribution in [3.05, 3.63) is 0 Å². The van der Waals surface area contributed by atoms with Crippen molar-refractivity contribution in [2.75, 3.05) is 26.2 Å². The number of likely N-dealkylation sites (tertiary alicyclic amines) is 1. The van der Waals surface area contributed by atoms with Crippen LogP contribution in [0.3, 0.4) is 0 Å². The van der Waals surface area contributed by atoms with Gasteiger partial charge in [-0.2, -0.15) is 0 Å². The molecule has 1 aliphatic heterocycles. The molecule has 0 spiro atoms. The van der Waals surface area contributed by atoms with E-state index in [0.29, 0.717) is 0 Å². The van der Waals surface area contributed by atoms with Crippen LogP contribution >= 0.6 is 0 Å². The first-order chi connectivity index (χ1) is 8.88. The van der Waals surface area contributed by atoms with E-state index in [0.717, 1.165) is 12.0 Å². The molecule has 0 bridgehead atoms. The molecule has 0 aromatic heterocycles. The summed E-state index contributed by atoms with van der Waals surface area (Å²) >= 11 is 0. The molecule has 2 fully saturated rings. The van der Waals surface area contributed by atoms with Crippen LogP contribution in [0, 0.1) is 5.92 Å². The fourth-order valence-corrected chi connectivity index (χ4v) is 3.71. The molecular weight excluding hydrogens is 220 g/mol. The molecule has 2 aliphatic rings. The van der Waals surface area contributed by atoms with Crippen molar-refractivity contribution in [1.29, 1.82) is 0 Å². The molecule has 2 atom stereocenters. The summed E-state index contributed by atoms with van der Waals surface area (Å²) in [5.41, 5.74) is 0. The second-order valence-corrected chi connectivity index (χ2v) is 6.36. The molecule has 106 valence electrons. The van der Waals surface area contributed by atoms with Crippen molar-refractivity contribution in [2.45, 2.75) is 70.8 Å². The number of nitrogens with zero attached hydrogens (tertiary/aromatic N) is 1. The Hall–Kier alpha value is -0.0800. The maximum atomic E-state index is 3.81. The molecule has 2 rings (SSSR count). The van der Waals surface area contributed by atoms with Gasteiger partial charge in [0, 0.05) is 19.1 Å². The van der Waals surface area contributed by atoms with Gasteiger partial charge in [0.1, 0.15) is 0 Å². The average molecular weight is 252 g/mol. The van der Waals surface area contributed by atoms with Crippen LogP contribution in [-0.4, -0.2) is 37.1 Å². The minimum absolute atomic E-state index is 0.814. The predicted octanol–water partition coefficient (Wildman–Crippen LogP) is 3.42. The standard InChI is InChI=1S/C16H32N2/c1-2-6-15-7-5-8-16(10-9-15)17-11-14-18-12-3-4-13-18/h15-17H,2-14H2,1H3. The lowest BCUT2D eigenvalue weighted by molar-refractivity contribution is 0.320. The lowest BCUT2D eigenvalue weighted by Gasteiger charge is -2.20. The molecule has 2 unspecified atom stereocenters. The second-order valence-electron chi connectivity index (χ2n) is 6.36. The van der Waals surface area contributed by atoms with Crippen LogP contribution in [0.4, 0.5) is 0 Å².